The molecule has 0 aromatic heterocycles. The number of ether oxygens (including phenoxy) is 1. The number of sulfonamides is 1. The van der Waals surface area contributed by atoms with Crippen LogP contribution in [0.5, 0.6) is 0 Å². The third-order valence-electron chi connectivity index (χ3n) is 4.16. The van der Waals surface area contributed by atoms with E-state index in [2.05, 4.69) is 4.72 Å². The summed E-state index contributed by atoms with van der Waals surface area (Å²) in [5.41, 5.74) is 1.71. The number of cyclic esters (lactones) is 1. The van der Waals surface area contributed by atoms with E-state index in [0.29, 0.717) is 6.54 Å². The summed E-state index contributed by atoms with van der Waals surface area (Å²) in [6.07, 6.45) is -2.03. The van der Waals surface area contributed by atoms with Crippen LogP contribution in [0.1, 0.15) is 24.2 Å². The molecule has 1 fully saturated rings. The predicted octanol–water partition coefficient (Wildman–Crippen LogP) is 2.81. The van der Waals surface area contributed by atoms with Gasteiger partial charge < -0.3 is 4.74 Å². The molecule has 6 nitrogen and oxygen atoms in total. The van der Waals surface area contributed by atoms with E-state index in [9.17, 15) is 13.2 Å². The Morgan fingerprint density at radius 1 is 1.08 bits per heavy atom. The van der Waals surface area contributed by atoms with Gasteiger partial charge in [0.1, 0.15) is 6.17 Å². The number of nitrogens with one attached hydrogen (secondary N) is 1. The van der Waals surface area contributed by atoms with Gasteiger partial charge in [-0.3, -0.25) is 4.90 Å². The van der Waals surface area contributed by atoms with Crippen LogP contribution in [0.15, 0.2) is 59.5 Å². The van der Waals surface area contributed by atoms with Crippen LogP contribution in [0, 0.1) is 6.92 Å². The van der Waals surface area contributed by atoms with Crippen LogP contribution in [0.4, 0.5) is 4.79 Å². The Balaban J connectivity index is 1.93. The molecule has 0 saturated carbocycles. The maximum Gasteiger partial charge on any atom is 0.411 e. The number of carbonyl (C=O) groups excluding carboxylic acids is 1. The minimum Gasteiger partial charge on any atom is -0.437 e. The molecule has 2 aromatic carbocycles. The molecule has 2 atom stereocenters. The lowest BCUT2D eigenvalue weighted by molar-refractivity contribution is 0.129. The highest BCUT2D eigenvalue weighted by atomic mass is 32.2. The summed E-state index contributed by atoms with van der Waals surface area (Å²) < 4.78 is 33.5. The third-order valence-corrected chi connectivity index (χ3v) is 5.61. The van der Waals surface area contributed by atoms with E-state index >= 15 is 0 Å². The monoisotopic (exact) mass is 360 g/mol. The summed E-state index contributed by atoms with van der Waals surface area (Å²) >= 11 is 0. The molecule has 1 aliphatic heterocycles. The lowest BCUT2D eigenvalue weighted by Crippen LogP contribution is -2.47. The van der Waals surface area contributed by atoms with Crippen molar-refractivity contribution in [1.29, 1.82) is 0 Å². The minimum atomic E-state index is -3.79. The Bertz CT molecular complexity index is 850. The second-order valence-corrected chi connectivity index (χ2v) is 7.59. The quantitative estimate of drug-likeness (QED) is 0.890. The largest absolute Gasteiger partial charge is 0.437 e. The fourth-order valence-electron chi connectivity index (χ4n) is 2.81. The van der Waals surface area contributed by atoms with Gasteiger partial charge in [-0.2, -0.15) is 4.72 Å². The number of amides is 1. The molecule has 7 heteroatoms. The molecule has 1 saturated heterocycles. The molecule has 1 aliphatic rings. The normalized spacial score (nSPS) is 20.6. The van der Waals surface area contributed by atoms with Gasteiger partial charge in [-0.15, -0.1) is 0 Å². The van der Waals surface area contributed by atoms with Crippen molar-refractivity contribution in [3.63, 3.8) is 0 Å². The molecule has 25 heavy (non-hydrogen) atoms. The smallest absolute Gasteiger partial charge is 0.411 e. The van der Waals surface area contributed by atoms with Gasteiger partial charge in [0.25, 0.3) is 0 Å². The number of aryl methyl sites for hydroxylation is 1. The molecule has 0 radical (unpaired) electrons. The van der Waals surface area contributed by atoms with Gasteiger partial charge in [-0.25, -0.2) is 13.2 Å². The molecule has 1 heterocycles. The number of rotatable bonds is 5. The zero-order valence-electron chi connectivity index (χ0n) is 14.0. The van der Waals surface area contributed by atoms with Crippen molar-refractivity contribution < 1.29 is 17.9 Å². The first-order valence-corrected chi connectivity index (χ1v) is 9.52. The van der Waals surface area contributed by atoms with Crippen LogP contribution in [-0.4, -0.2) is 32.1 Å². The highest BCUT2D eigenvalue weighted by molar-refractivity contribution is 7.89. The van der Waals surface area contributed by atoms with Crippen molar-refractivity contribution in [2.75, 3.05) is 6.54 Å². The van der Waals surface area contributed by atoms with E-state index in [4.69, 9.17) is 4.74 Å². The molecular weight excluding hydrogens is 340 g/mol. The molecule has 0 spiro atoms. The van der Waals surface area contributed by atoms with E-state index in [1.165, 1.54) is 4.90 Å². The van der Waals surface area contributed by atoms with Crippen molar-refractivity contribution in [1.82, 2.24) is 9.62 Å². The lowest BCUT2D eigenvalue weighted by atomic mass is 10.1. The standard InChI is InChI=1S/C18H20N2O4S/c1-3-20-17(16(24-18(20)21)14-7-5-4-6-8-14)19-25(22,23)15-11-9-13(2)10-12-15/h4-12,16-17,19H,3H2,1-2H3/t16-,17+/m1/s1. The van der Waals surface area contributed by atoms with Crippen LogP contribution in [0.2, 0.25) is 0 Å². The van der Waals surface area contributed by atoms with Gasteiger partial charge in [0.15, 0.2) is 6.10 Å². The highest BCUT2D eigenvalue weighted by Gasteiger charge is 2.44. The first kappa shape index (κ1) is 17.4. The van der Waals surface area contributed by atoms with E-state index in [0.717, 1.165) is 11.1 Å². The van der Waals surface area contributed by atoms with Crippen molar-refractivity contribution in [2.24, 2.45) is 0 Å². The SMILES string of the molecule is CCN1C(=O)O[C@H](c2ccccc2)[C@H]1NS(=O)(=O)c1ccc(C)cc1. The Kier molecular flexibility index (Phi) is 4.78. The van der Waals surface area contributed by atoms with Crippen LogP contribution in [0.25, 0.3) is 0 Å². The van der Waals surface area contributed by atoms with E-state index in [-0.39, 0.29) is 4.90 Å². The van der Waals surface area contributed by atoms with Crippen LogP contribution in [0.3, 0.4) is 0 Å². The topological polar surface area (TPSA) is 75.7 Å². The number of hydrogen-bond acceptors (Lipinski definition) is 4. The Morgan fingerprint density at radius 3 is 2.32 bits per heavy atom. The lowest BCUT2D eigenvalue weighted by Gasteiger charge is -2.24. The summed E-state index contributed by atoms with van der Waals surface area (Å²) in [5, 5.41) is 0. The fourth-order valence-corrected chi connectivity index (χ4v) is 4.01. The van der Waals surface area contributed by atoms with Crippen molar-refractivity contribution in [3.8, 4) is 0 Å². The summed E-state index contributed by atoms with van der Waals surface area (Å²) in [5.74, 6) is 0. The summed E-state index contributed by atoms with van der Waals surface area (Å²) in [4.78, 5) is 13.7. The average molecular weight is 360 g/mol. The van der Waals surface area contributed by atoms with Crippen LogP contribution in [-0.2, 0) is 14.8 Å². The predicted molar refractivity (Wildman–Crippen MR) is 93.3 cm³/mol. The molecule has 1 N–H and O–H groups in total. The van der Waals surface area contributed by atoms with Crippen LogP contribution < -0.4 is 4.72 Å². The molecule has 132 valence electrons. The molecule has 2 aromatic rings. The molecule has 0 bridgehead atoms. The van der Waals surface area contributed by atoms with Gasteiger partial charge in [0, 0.05) is 6.54 Å². The van der Waals surface area contributed by atoms with Gasteiger partial charge in [0.05, 0.1) is 4.90 Å². The van der Waals surface area contributed by atoms with Crippen LogP contribution >= 0.6 is 0 Å². The molecule has 1 amide bonds. The van der Waals surface area contributed by atoms with Gasteiger partial charge in [-0.05, 0) is 31.5 Å². The second-order valence-electron chi connectivity index (χ2n) is 5.88. The second kappa shape index (κ2) is 6.85. The number of benzene rings is 2. The Labute approximate surface area is 147 Å². The third kappa shape index (κ3) is 3.52. The number of likely N-dealkylation sites (N-methyl/N-ethyl adjacent to an activating group) is 1. The number of carbonyl (C=O) groups is 1. The van der Waals surface area contributed by atoms with E-state index in [1.54, 1.807) is 31.2 Å². The Morgan fingerprint density at radius 2 is 1.72 bits per heavy atom. The van der Waals surface area contributed by atoms with Crippen molar-refractivity contribution >= 4 is 16.1 Å². The number of nitrogens with zero attached hydrogens (tertiary/aromatic N) is 1. The molecule has 0 aliphatic carbocycles. The average Bonchev–Trinajstić information content (AvgIpc) is 2.91. The van der Waals surface area contributed by atoms with Gasteiger partial charge >= 0.3 is 6.09 Å². The first-order valence-electron chi connectivity index (χ1n) is 8.03. The fraction of sp³-hybridized carbons (Fsp3) is 0.278. The Hall–Kier alpha value is -2.38. The number of hydrogen-bond donors (Lipinski definition) is 1. The molecule has 3 rings (SSSR count). The van der Waals surface area contributed by atoms with Gasteiger partial charge in [0.2, 0.25) is 10.0 Å². The zero-order chi connectivity index (χ0) is 18.0. The first-order chi connectivity index (χ1) is 11.9. The maximum absolute atomic E-state index is 12.7. The molecular formula is C18H20N2O4S. The van der Waals surface area contributed by atoms with E-state index in [1.807, 2.05) is 37.3 Å². The summed E-state index contributed by atoms with van der Waals surface area (Å²) in [6, 6.07) is 15.7. The highest BCUT2D eigenvalue weighted by Crippen LogP contribution is 2.31. The minimum absolute atomic E-state index is 0.153. The van der Waals surface area contributed by atoms with Crippen molar-refractivity contribution in [3.05, 3.63) is 65.7 Å². The maximum atomic E-state index is 12.7. The van der Waals surface area contributed by atoms with E-state index < -0.39 is 28.4 Å². The summed E-state index contributed by atoms with van der Waals surface area (Å²) in [6.45, 7) is 4.00. The van der Waals surface area contributed by atoms with Gasteiger partial charge in [-0.1, -0.05) is 48.0 Å². The zero-order valence-corrected chi connectivity index (χ0v) is 14.9. The molecule has 0 unspecified atom stereocenters. The van der Waals surface area contributed by atoms with Crippen molar-refractivity contribution in [2.45, 2.75) is 31.0 Å². The summed E-state index contributed by atoms with van der Waals surface area (Å²) in [7, 11) is -3.79.